The third-order valence-electron chi connectivity index (χ3n) is 4.26. The lowest BCUT2D eigenvalue weighted by Crippen LogP contribution is -2.52. The second kappa shape index (κ2) is 5.90. The highest BCUT2D eigenvalue weighted by atomic mass is 16.2. The van der Waals surface area contributed by atoms with Crippen LogP contribution in [0.4, 0.5) is 0 Å². The molecule has 3 aromatic rings. The Balaban J connectivity index is 2.53. The predicted molar refractivity (Wildman–Crippen MR) is 92.7 cm³/mol. The summed E-state index contributed by atoms with van der Waals surface area (Å²) in [5.74, 6) is -0.463. The van der Waals surface area contributed by atoms with Gasteiger partial charge in [0.1, 0.15) is 0 Å². The Morgan fingerprint density at radius 2 is 1.84 bits per heavy atom. The SMILES string of the molecule is CNC(=O)C(C)(c1ccccc1)n1c(=O)[nH]c(=O)c2c[nH]c(=O)cc21. The third-order valence-corrected chi connectivity index (χ3v) is 4.26. The van der Waals surface area contributed by atoms with Crippen molar-refractivity contribution in [3.05, 3.63) is 79.4 Å². The van der Waals surface area contributed by atoms with E-state index >= 15 is 0 Å². The standard InChI is InChI=1S/C17H16N4O4/c1-17(15(24)18-2,10-6-4-3-5-7-10)21-12-8-13(22)19-9-11(12)14(23)20-16(21)25/h3-9H,1-2H3,(H,18,24)(H,19,22)(H,20,23,25). The van der Waals surface area contributed by atoms with Gasteiger partial charge >= 0.3 is 5.69 Å². The van der Waals surface area contributed by atoms with Crippen LogP contribution in [-0.2, 0) is 10.3 Å². The summed E-state index contributed by atoms with van der Waals surface area (Å²) >= 11 is 0. The Morgan fingerprint density at radius 1 is 1.16 bits per heavy atom. The van der Waals surface area contributed by atoms with Crippen LogP contribution in [0.15, 0.2) is 57.0 Å². The molecule has 0 aliphatic heterocycles. The number of aromatic nitrogens is 3. The minimum atomic E-state index is -1.47. The normalized spacial score (nSPS) is 13.4. The maximum atomic E-state index is 12.8. The molecule has 2 aromatic heterocycles. The number of likely N-dealkylation sites (N-methyl/N-ethyl adjacent to an activating group) is 1. The van der Waals surface area contributed by atoms with Gasteiger partial charge in [-0.1, -0.05) is 30.3 Å². The van der Waals surface area contributed by atoms with Gasteiger partial charge in [0.15, 0.2) is 5.54 Å². The first kappa shape index (κ1) is 16.4. The second-order valence-electron chi connectivity index (χ2n) is 5.71. The Hall–Kier alpha value is -3.42. The first-order chi connectivity index (χ1) is 11.9. The number of H-pyrrole nitrogens is 2. The molecule has 0 aliphatic carbocycles. The lowest BCUT2D eigenvalue weighted by Gasteiger charge is -2.31. The first-order valence-electron chi connectivity index (χ1n) is 7.55. The van der Waals surface area contributed by atoms with Crippen LogP contribution in [0, 0.1) is 0 Å². The van der Waals surface area contributed by atoms with Gasteiger partial charge in [0.2, 0.25) is 5.56 Å². The zero-order chi connectivity index (χ0) is 18.2. The fourth-order valence-corrected chi connectivity index (χ4v) is 2.97. The number of carbonyl (C=O) groups excluding carboxylic acids is 1. The average Bonchev–Trinajstić information content (AvgIpc) is 2.61. The molecule has 128 valence electrons. The summed E-state index contributed by atoms with van der Waals surface area (Å²) in [6, 6.07) is 9.80. The van der Waals surface area contributed by atoms with Crippen molar-refractivity contribution in [1.29, 1.82) is 0 Å². The van der Waals surface area contributed by atoms with Gasteiger partial charge in [0.05, 0.1) is 10.9 Å². The monoisotopic (exact) mass is 340 g/mol. The molecule has 0 bridgehead atoms. The second-order valence-corrected chi connectivity index (χ2v) is 5.71. The van der Waals surface area contributed by atoms with E-state index < -0.39 is 28.3 Å². The number of benzene rings is 1. The molecule has 0 aliphatic rings. The lowest BCUT2D eigenvalue weighted by atomic mass is 9.90. The van der Waals surface area contributed by atoms with Gasteiger partial charge in [-0.25, -0.2) is 4.79 Å². The first-order valence-corrected chi connectivity index (χ1v) is 7.55. The Bertz CT molecular complexity index is 1130. The molecule has 0 saturated heterocycles. The lowest BCUT2D eigenvalue weighted by molar-refractivity contribution is -0.126. The molecule has 25 heavy (non-hydrogen) atoms. The minimum absolute atomic E-state index is 0.0763. The van der Waals surface area contributed by atoms with Crippen LogP contribution >= 0.6 is 0 Å². The highest BCUT2D eigenvalue weighted by molar-refractivity contribution is 5.90. The molecule has 0 spiro atoms. The van der Waals surface area contributed by atoms with Gasteiger partial charge in [-0.15, -0.1) is 0 Å². The van der Waals surface area contributed by atoms with E-state index in [0.29, 0.717) is 5.56 Å². The molecule has 8 heteroatoms. The highest BCUT2D eigenvalue weighted by Crippen LogP contribution is 2.27. The van der Waals surface area contributed by atoms with E-state index in [1.165, 1.54) is 13.2 Å². The number of nitrogens with one attached hydrogen (secondary N) is 3. The van der Waals surface area contributed by atoms with Crippen LogP contribution < -0.4 is 22.1 Å². The zero-order valence-corrected chi connectivity index (χ0v) is 13.6. The number of hydrogen-bond donors (Lipinski definition) is 3. The maximum Gasteiger partial charge on any atom is 0.330 e. The quantitative estimate of drug-likeness (QED) is 0.616. The molecular formula is C17H16N4O4. The van der Waals surface area contributed by atoms with Crippen molar-refractivity contribution < 1.29 is 4.79 Å². The van der Waals surface area contributed by atoms with E-state index in [4.69, 9.17) is 0 Å². The molecule has 1 aromatic carbocycles. The van der Waals surface area contributed by atoms with Crippen LogP contribution in [0.3, 0.4) is 0 Å². The van der Waals surface area contributed by atoms with Gasteiger partial charge in [-0.2, -0.15) is 0 Å². The van der Waals surface area contributed by atoms with Crippen LogP contribution in [0.25, 0.3) is 10.9 Å². The van der Waals surface area contributed by atoms with Crippen molar-refractivity contribution in [1.82, 2.24) is 19.9 Å². The number of rotatable bonds is 3. The molecule has 2 heterocycles. The smallest absolute Gasteiger partial charge is 0.330 e. The number of fused-ring (bicyclic) bond motifs is 1. The fourth-order valence-electron chi connectivity index (χ4n) is 2.97. The van der Waals surface area contributed by atoms with Crippen LogP contribution in [0.2, 0.25) is 0 Å². The van der Waals surface area contributed by atoms with E-state index in [9.17, 15) is 19.2 Å². The van der Waals surface area contributed by atoms with Crippen LogP contribution in [0.1, 0.15) is 12.5 Å². The van der Waals surface area contributed by atoms with Crippen molar-refractivity contribution in [2.24, 2.45) is 0 Å². The van der Waals surface area contributed by atoms with E-state index in [-0.39, 0.29) is 10.9 Å². The molecule has 0 saturated carbocycles. The molecule has 3 rings (SSSR count). The molecule has 8 nitrogen and oxygen atoms in total. The van der Waals surface area contributed by atoms with E-state index in [2.05, 4.69) is 15.3 Å². The number of carbonyl (C=O) groups is 1. The van der Waals surface area contributed by atoms with Crippen molar-refractivity contribution in [3.8, 4) is 0 Å². The Labute approximate surface area is 141 Å². The van der Waals surface area contributed by atoms with Gasteiger partial charge < -0.3 is 10.3 Å². The average molecular weight is 340 g/mol. The van der Waals surface area contributed by atoms with Gasteiger partial charge in [-0.3, -0.25) is 23.9 Å². The molecule has 3 N–H and O–H groups in total. The predicted octanol–water partition coefficient (Wildman–Crippen LogP) is -0.112. The van der Waals surface area contributed by atoms with E-state index in [1.807, 2.05) is 0 Å². The topological polar surface area (TPSA) is 117 Å². The van der Waals surface area contributed by atoms with E-state index in [0.717, 1.165) is 10.6 Å². The van der Waals surface area contributed by atoms with Crippen LogP contribution in [-0.4, -0.2) is 27.5 Å². The van der Waals surface area contributed by atoms with E-state index in [1.54, 1.807) is 37.3 Å². The fraction of sp³-hybridized carbons (Fsp3) is 0.176. The summed E-state index contributed by atoms with van der Waals surface area (Å²) in [5, 5.41) is 2.65. The van der Waals surface area contributed by atoms with Crippen molar-refractivity contribution in [3.63, 3.8) is 0 Å². The number of hydrogen-bond acceptors (Lipinski definition) is 4. The van der Waals surface area contributed by atoms with Crippen molar-refractivity contribution in [2.75, 3.05) is 7.05 Å². The molecular weight excluding hydrogens is 324 g/mol. The van der Waals surface area contributed by atoms with Crippen LogP contribution in [0.5, 0.6) is 0 Å². The van der Waals surface area contributed by atoms with Gasteiger partial charge in [0.25, 0.3) is 11.5 Å². The molecule has 1 amide bonds. The summed E-state index contributed by atoms with van der Waals surface area (Å²) in [7, 11) is 1.45. The number of aromatic amines is 2. The molecule has 0 radical (unpaired) electrons. The summed E-state index contributed by atoms with van der Waals surface area (Å²) < 4.78 is 1.13. The Morgan fingerprint density at radius 3 is 2.48 bits per heavy atom. The maximum absolute atomic E-state index is 12.8. The van der Waals surface area contributed by atoms with Gasteiger partial charge in [-0.05, 0) is 12.5 Å². The summed E-state index contributed by atoms with van der Waals surface area (Å²) in [5.41, 5.74) is -2.77. The summed E-state index contributed by atoms with van der Waals surface area (Å²) in [6.45, 7) is 1.56. The summed E-state index contributed by atoms with van der Waals surface area (Å²) in [4.78, 5) is 53.8. The molecule has 0 fully saturated rings. The minimum Gasteiger partial charge on any atom is -0.357 e. The van der Waals surface area contributed by atoms with Gasteiger partial charge in [0, 0.05) is 19.3 Å². The number of amides is 1. The summed E-state index contributed by atoms with van der Waals surface area (Å²) in [6.07, 6.45) is 1.22. The van der Waals surface area contributed by atoms with Crippen molar-refractivity contribution in [2.45, 2.75) is 12.5 Å². The molecule has 1 atom stereocenters. The highest BCUT2D eigenvalue weighted by Gasteiger charge is 2.39. The Kier molecular flexibility index (Phi) is 3.88. The largest absolute Gasteiger partial charge is 0.357 e. The third kappa shape index (κ3) is 2.47. The number of pyridine rings is 1. The van der Waals surface area contributed by atoms with Crippen molar-refractivity contribution >= 4 is 16.8 Å². The zero-order valence-electron chi connectivity index (χ0n) is 13.6. The molecule has 1 unspecified atom stereocenters. The number of nitrogens with zero attached hydrogens (tertiary/aromatic N) is 1.